The molecule has 0 aliphatic carbocycles. The molecule has 0 aromatic heterocycles. The SMILES string of the molecule is CCCCCCCCCCCCCC(C)C(=O)COC(OCSCC(N)C(=O)N[C@@H](CO)C(=O)N[C@@H](CO)C(=O)N[C@@H](CCC(=O)O)C(=O)N[C@@H](CCC(=O)O)C(=O)N[C@@H](CCC(=O)O)C(=O)N[C@@H](CCC(=O)O)C(=O)N[C@@H](CCC(=O)O)C(=O)N[C@@H](CCC(=O)O)C(=O)N[C@@H](CCC(=O)O)C(=O)N[C@H](C=O)CCC(=O)O)C(=O)C(C)CCCCCCCCCCCCC. The van der Waals surface area contributed by atoms with Gasteiger partial charge in [0.05, 0.1) is 31.2 Å². The van der Waals surface area contributed by atoms with Crippen LogP contribution in [0.15, 0.2) is 0 Å². The minimum absolute atomic E-state index is 0.135. The second kappa shape index (κ2) is 70.5. The number of amides is 10. The summed E-state index contributed by atoms with van der Waals surface area (Å²) in [5.74, 6) is -28.7. The van der Waals surface area contributed by atoms with Crippen LogP contribution in [0.4, 0.5) is 0 Å². The molecule has 0 saturated carbocycles. The molecule has 45 heteroatoms. The third-order valence-corrected chi connectivity index (χ3v) is 21.7. The van der Waals surface area contributed by atoms with E-state index < -0.39 is 308 Å². The molecule has 129 heavy (non-hydrogen) atoms. The Hall–Kier alpha value is -10.4. The van der Waals surface area contributed by atoms with Crippen LogP contribution in [-0.4, -0.2) is 280 Å². The minimum atomic E-state index is -2.18. The van der Waals surface area contributed by atoms with E-state index in [1.807, 2.05) is 6.92 Å². The summed E-state index contributed by atoms with van der Waals surface area (Å²) in [7, 11) is 0. The molecule has 0 aliphatic heterocycles. The number of ketones is 2. The molecule has 0 aliphatic rings. The van der Waals surface area contributed by atoms with E-state index in [2.05, 4.69) is 67.0 Å². The predicted molar refractivity (Wildman–Crippen MR) is 461 cm³/mol. The molecule has 0 rings (SSSR count). The fraction of sp³-hybridized carbons (Fsp3) is 0.750. The van der Waals surface area contributed by atoms with Gasteiger partial charge in [0.1, 0.15) is 67.3 Å². The van der Waals surface area contributed by atoms with Crippen LogP contribution in [0.2, 0.25) is 0 Å². The monoisotopic (exact) mass is 1860 g/mol. The summed E-state index contributed by atoms with van der Waals surface area (Å²) >= 11 is 0.934. The average molecular weight is 1860 g/mol. The first kappa shape index (κ1) is 119. The number of ether oxygens (including phenoxy) is 2. The third kappa shape index (κ3) is 57.3. The van der Waals surface area contributed by atoms with Crippen molar-refractivity contribution in [1.82, 2.24) is 53.2 Å². The van der Waals surface area contributed by atoms with Crippen LogP contribution in [0.25, 0.3) is 0 Å². The van der Waals surface area contributed by atoms with E-state index in [0.717, 1.165) is 69.5 Å². The van der Waals surface area contributed by atoms with E-state index in [9.17, 15) is 147 Å². The van der Waals surface area contributed by atoms with Gasteiger partial charge in [-0.2, -0.15) is 0 Å². The number of aliphatic hydroxyl groups excluding tert-OH is 2. The van der Waals surface area contributed by atoms with E-state index in [1.165, 1.54) is 83.5 Å². The molecule has 44 nitrogen and oxygen atoms in total. The van der Waals surface area contributed by atoms with Crippen molar-refractivity contribution in [2.24, 2.45) is 17.6 Å². The number of carboxylic acids is 8. The van der Waals surface area contributed by atoms with Crippen molar-refractivity contribution in [2.75, 3.05) is 31.5 Å². The van der Waals surface area contributed by atoms with Gasteiger partial charge in [-0.25, -0.2) is 0 Å². The fourth-order valence-electron chi connectivity index (χ4n) is 13.0. The van der Waals surface area contributed by atoms with Gasteiger partial charge in [0.15, 0.2) is 11.6 Å². The van der Waals surface area contributed by atoms with Crippen molar-refractivity contribution in [2.45, 2.75) is 357 Å². The number of hydrogen-bond acceptors (Lipinski definition) is 27. The van der Waals surface area contributed by atoms with Gasteiger partial charge in [-0.3, -0.25) is 95.9 Å². The zero-order valence-electron chi connectivity index (χ0n) is 74.3. The molecule has 0 spiro atoms. The van der Waals surface area contributed by atoms with E-state index >= 15 is 0 Å². The average Bonchev–Trinajstić information content (AvgIpc) is 0.855. The lowest BCUT2D eigenvalue weighted by molar-refractivity contribution is -0.172. The standard InChI is InChI=1S/C84H139N11O33S/c1-5-7-9-11-13-15-17-19-21-23-25-27-51(3)64(99)48-127-84(73(116)52(4)28-26-24-22-20-18-16-14-12-10-8-6-2)128-50-129-49-54(85)74(117)94-62(46-97)83(126)95-63(47-98)82(125)93-61(36-44-72(114)115)81(124)92-60(35-43-71(112)113)80(123)91-59(34-42-70(110)111)79(122)90-58(33-41-69(108)109)78(121)89-57(32-40-68(106)107)77(120)88-56(31-39-67(104)105)76(119)87-55(30-38-66(102)103)75(118)86-53(45-96)29-37-65(100)101/h45,51-63,84,97-98H,5-44,46-50,85H2,1-4H3,(H,86,118)(H,87,119)(H,88,120)(H,89,121)(H,90,122)(H,91,123)(H,92,124)(H,93,125)(H,94,117)(H,95,126)(H,100,101)(H,102,103)(H,104,105)(H,106,107)(H,108,109)(H,110,111)(H,112,113)(H,114,115)/t51?,52?,53-,54?,55-,56-,57-,58-,59-,60-,61-,62-,63-,84?/m0/s1. The highest BCUT2D eigenvalue weighted by Crippen LogP contribution is 2.22. The molecule has 0 bridgehead atoms. The number of carboxylic acid groups (broad SMARTS) is 8. The number of nitrogens with one attached hydrogen (secondary N) is 10. The Morgan fingerprint density at radius 2 is 0.535 bits per heavy atom. The molecule has 0 saturated heterocycles. The van der Waals surface area contributed by atoms with Gasteiger partial charge in [-0.1, -0.05) is 169 Å². The van der Waals surface area contributed by atoms with Gasteiger partial charge in [-0.15, -0.1) is 11.8 Å². The van der Waals surface area contributed by atoms with Crippen molar-refractivity contribution in [1.29, 1.82) is 0 Å². The van der Waals surface area contributed by atoms with Crippen LogP contribution in [0, 0.1) is 11.8 Å². The normalized spacial score (nSPS) is 14.4. The molecule has 14 atom stereocenters. The first-order chi connectivity index (χ1) is 61.1. The Balaban J connectivity index is 6.78. The van der Waals surface area contributed by atoms with Gasteiger partial charge >= 0.3 is 47.8 Å². The lowest BCUT2D eigenvalue weighted by Gasteiger charge is -2.28. The summed E-state index contributed by atoms with van der Waals surface area (Å²) < 4.78 is 11.8. The number of Topliss-reactive ketones (excluding diaryl/α,β-unsaturated/α-hetero) is 2. The Kier molecular flexibility index (Phi) is 64.8. The van der Waals surface area contributed by atoms with Crippen molar-refractivity contribution in [3.8, 4) is 0 Å². The molecule has 22 N–H and O–H groups in total. The summed E-state index contributed by atoms with van der Waals surface area (Å²) in [6, 6.07) is -21.6. The van der Waals surface area contributed by atoms with E-state index in [0.29, 0.717) is 12.8 Å². The van der Waals surface area contributed by atoms with E-state index in [4.69, 9.17) is 20.3 Å². The maximum absolute atomic E-state index is 14.3. The Labute approximate surface area is 754 Å². The summed E-state index contributed by atoms with van der Waals surface area (Å²) in [5.41, 5.74) is 6.19. The van der Waals surface area contributed by atoms with Crippen LogP contribution in [0.5, 0.6) is 0 Å². The Morgan fingerprint density at radius 3 is 0.798 bits per heavy atom. The van der Waals surface area contributed by atoms with Crippen LogP contribution >= 0.6 is 11.8 Å². The summed E-state index contributed by atoms with van der Waals surface area (Å²) in [6.45, 7) is 5.09. The van der Waals surface area contributed by atoms with Gasteiger partial charge in [0.25, 0.3) is 0 Å². The molecule has 0 radical (unpaired) electrons. The topological polar surface area (TPSA) is 726 Å². The number of rotatable bonds is 82. The molecule has 734 valence electrons. The lowest BCUT2D eigenvalue weighted by atomic mass is 9.97. The molecule has 4 unspecified atom stereocenters. The number of aliphatic hydroxyl groups is 2. The van der Waals surface area contributed by atoms with Crippen LogP contribution in [0.3, 0.4) is 0 Å². The number of carbonyl (C=O) groups excluding carboxylic acids is 13. The number of carbonyl (C=O) groups is 21. The number of hydrogen-bond donors (Lipinski definition) is 21. The molecule has 0 heterocycles. The van der Waals surface area contributed by atoms with Gasteiger partial charge in [0, 0.05) is 69.0 Å². The predicted octanol–water partition coefficient (Wildman–Crippen LogP) is 2.13. The van der Waals surface area contributed by atoms with Crippen LogP contribution < -0.4 is 58.9 Å². The number of aldehydes is 1. The quantitative estimate of drug-likeness (QED) is 0.0236. The first-order valence-corrected chi connectivity index (χ1v) is 45.4. The smallest absolute Gasteiger partial charge is 0.303 e. The summed E-state index contributed by atoms with van der Waals surface area (Å²) in [5, 5.41) is 118. The van der Waals surface area contributed by atoms with Crippen molar-refractivity contribution in [3.05, 3.63) is 0 Å². The van der Waals surface area contributed by atoms with Crippen molar-refractivity contribution < 1.29 is 161 Å². The van der Waals surface area contributed by atoms with Gasteiger partial charge in [-0.05, 0) is 64.2 Å². The molecule has 0 aromatic rings. The number of nitrogens with two attached hydrogens (primary N) is 1. The zero-order chi connectivity index (χ0) is 97.3. The maximum Gasteiger partial charge on any atom is 0.303 e. The zero-order valence-corrected chi connectivity index (χ0v) is 75.1. The van der Waals surface area contributed by atoms with Crippen molar-refractivity contribution >= 4 is 136 Å². The van der Waals surface area contributed by atoms with Crippen molar-refractivity contribution in [3.63, 3.8) is 0 Å². The van der Waals surface area contributed by atoms with Crippen LogP contribution in [0.1, 0.15) is 285 Å². The van der Waals surface area contributed by atoms with E-state index in [-0.39, 0.29) is 35.5 Å². The fourth-order valence-corrected chi connectivity index (χ4v) is 13.7. The highest BCUT2D eigenvalue weighted by atomic mass is 32.2. The van der Waals surface area contributed by atoms with E-state index in [1.54, 1.807) is 6.92 Å². The molecular formula is C84H139N11O33S. The summed E-state index contributed by atoms with van der Waals surface area (Å²) in [6.07, 6.45) is 10.7. The molecular weight excluding hydrogens is 1720 g/mol. The lowest BCUT2D eigenvalue weighted by Crippen LogP contribution is -2.61. The second-order valence-corrected chi connectivity index (χ2v) is 32.8. The Bertz CT molecular complexity index is 3560. The van der Waals surface area contributed by atoms with Gasteiger partial charge in [0.2, 0.25) is 65.4 Å². The highest BCUT2D eigenvalue weighted by Gasteiger charge is 2.38. The number of unbranched alkanes of at least 4 members (excludes halogenated alkanes) is 20. The second-order valence-electron chi connectivity index (χ2n) is 31.9. The maximum atomic E-state index is 14.3. The Morgan fingerprint density at radius 1 is 0.302 bits per heavy atom. The highest BCUT2D eigenvalue weighted by molar-refractivity contribution is 7.99. The molecule has 0 aromatic carbocycles. The number of thioether (sulfide) groups is 1. The minimum Gasteiger partial charge on any atom is -0.481 e. The van der Waals surface area contributed by atoms with Crippen LogP contribution in [-0.2, 0) is 110 Å². The summed E-state index contributed by atoms with van der Waals surface area (Å²) in [4.78, 5) is 272. The first-order valence-electron chi connectivity index (χ1n) is 44.2. The molecule has 0 fully saturated rings. The third-order valence-electron chi connectivity index (χ3n) is 20.8. The molecule has 10 amide bonds. The van der Waals surface area contributed by atoms with Gasteiger partial charge < -0.3 is 124 Å². The largest absolute Gasteiger partial charge is 0.481 e. The number of aliphatic carboxylic acids is 8.